The third kappa shape index (κ3) is 1.33. The van der Waals surface area contributed by atoms with Crippen molar-refractivity contribution in [3.05, 3.63) is 29.1 Å². The minimum atomic E-state index is 0.584. The molecule has 2 heterocycles. The van der Waals surface area contributed by atoms with Crippen molar-refractivity contribution in [3.8, 4) is 0 Å². The first-order chi connectivity index (χ1) is 5.90. The van der Waals surface area contributed by atoms with Crippen molar-refractivity contribution in [2.75, 3.05) is 6.54 Å². The highest BCUT2D eigenvalue weighted by atomic mass is 14.9. The Balaban J connectivity index is 2.36. The Morgan fingerprint density at radius 3 is 3.33 bits per heavy atom. The van der Waals surface area contributed by atoms with Crippen molar-refractivity contribution in [2.45, 2.75) is 19.5 Å². The van der Waals surface area contributed by atoms with Crippen LogP contribution in [0.3, 0.4) is 0 Å². The van der Waals surface area contributed by atoms with Gasteiger partial charge in [-0.2, -0.15) is 0 Å². The van der Waals surface area contributed by atoms with Crippen molar-refractivity contribution in [1.29, 1.82) is 0 Å². The lowest BCUT2D eigenvalue weighted by Crippen LogP contribution is -2.24. The van der Waals surface area contributed by atoms with Crippen LogP contribution < -0.4 is 11.1 Å². The summed E-state index contributed by atoms with van der Waals surface area (Å²) in [6.07, 6.45) is 2.92. The first-order valence-corrected chi connectivity index (χ1v) is 4.27. The van der Waals surface area contributed by atoms with Gasteiger partial charge in [0.1, 0.15) is 0 Å². The summed E-state index contributed by atoms with van der Waals surface area (Å²) in [4.78, 5) is 4.37. The summed E-state index contributed by atoms with van der Waals surface area (Å²) in [5.41, 5.74) is 9.18. The Bertz CT molecular complexity index is 283. The zero-order valence-electron chi connectivity index (χ0n) is 7.01. The fourth-order valence-corrected chi connectivity index (χ4v) is 1.51. The summed E-state index contributed by atoms with van der Waals surface area (Å²) in [6.45, 7) is 2.57. The van der Waals surface area contributed by atoms with Gasteiger partial charge in [-0.1, -0.05) is 0 Å². The van der Waals surface area contributed by atoms with Crippen molar-refractivity contribution >= 4 is 0 Å². The van der Waals surface area contributed by atoms with Crippen molar-refractivity contribution < 1.29 is 0 Å². The third-order valence-corrected chi connectivity index (χ3v) is 2.21. The predicted molar refractivity (Wildman–Crippen MR) is 47.5 cm³/mol. The SMILES string of the molecule is NCc1cnc2c(c1)CNCC2. The van der Waals surface area contributed by atoms with Gasteiger partial charge >= 0.3 is 0 Å². The molecule has 0 radical (unpaired) electrons. The molecule has 12 heavy (non-hydrogen) atoms. The number of nitrogens with zero attached hydrogens (tertiary/aromatic N) is 1. The number of nitrogens with one attached hydrogen (secondary N) is 1. The monoisotopic (exact) mass is 163 g/mol. The van der Waals surface area contributed by atoms with E-state index >= 15 is 0 Å². The Morgan fingerprint density at radius 2 is 2.50 bits per heavy atom. The molecule has 3 heteroatoms. The average Bonchev–Trinajstić information content (AvgIpc) is 2.17. The van der Waals surface area contributed by atoms with Crippen molar-refractivity contribution in [2.24, 2.45) is 5.73 Å². The van der Waals surface area contributed by atoms with Crippen molar-refractivity contribution in [3.63, 3.8) is 0 Å². The minimum absolute atomic E-state index is 0.584. The second-order valence-corrected chi connectivity index (χ2v) is 3.08. The highest BCUT2D eigenvalue weighted by Gasteiger charge is 2.09. The second-order valence-electron chi connectivity index (χ2n) is 3.08. The van der Waals surface area contributed by atoms with Crippen LogP contribution in [0.5, 0.6) is 0 Å². The van der Waals surface area contributed by atoms with E-state index in [0.717, 1.165) is 25.1 Å². The van der Waals surface area contributed by atoms with Gasteiger partial charge in [-0.05, 0) is 17.2 Å². The first-order valence-electron chi connectivity index (χ1n) is 4.27. The van der Waals surface area contributed by atoms with Gasteiger partial charge in [-0.25, -0.2) is 0 Å². The molecule has 2 rings (SSSR count). The molecule has 1 aromatic rings. The molecule has 3 nitrogen and oxygen atoms in total. The summed E-state index contributed by atoms with van der Waals surface area (Å²) < 4.78 is 0. The Hall–Kier alpha value is -0.930. The molecule has 0 atom stereocenters. The van der Waals surface area contributed by atoms with E-state index in [4.69, 9.17) is 5.73 Å². The molecule has 1 aromatic heterocycles. The predicted octanol–water partition coefficient (Wildman–Crippen LogP) is 0.186. The van der Waals surface area contributed by atoms with Gasteiger partial charge in [-0.15, -0.1) is 0 Å². The Kier molecular flexibility index (Phi) is 2.06. The van der Waals surface area contributed by atoms with Crippen LogP contribution in [-0.4, -0.2) is 11.5 Å². The maximum atomic E-state index is 5.52. The van der Waals surface area contributed by atoms with Crippen LogP contribution in [0.1, 0.15) is 16.8 Å². The number of hydrogen-bond donors (Lipinski definition) is 2. The van der Waals surface area contributed by atoms with Crippen LogP contribution >= 0.6 is 0 Å². The highest BCUT2D eigenvalue weighted by Crippen LogP contribution is 2.12. The number of aromatic nitrogens is 1. The van der Waals surface area contributed by atoms with Crippen LogP contribution in [-0.2, 0) is 19.5 Å². The lowest BCUT2D eigenvalue weighted by atomic mass is 10.1. The number of fused-ring (bicyclic) bond motifs is 1. The number of pyridine rings is 1. The van der Waals surface area contributed by atoms with Gasteiger partial charge in [0, 0.05) is 37.9 Å². The van der Waals surface area contributed by atoms with E-state index in [1.165, 1.54) is 11.3 Å². The molecule has 0 unspecified atom stereocenters. The molecule has 1 aliphatic heterocycles. The van der Waals surface area contributed by atoms with E-state index in [1.54, 1.807) is 0 Å². The summed E-state index contributed by atoms with van der Waals surface area (Å²) in [7, 11) is 0. The molecule has 0 fully saturated rings. The highest BCUT2D eigenvalue weighted by molar-refractivity contribution is 5.27. The molecule has 0 aromatic carbocycles. The molecule has 0 aliphatic carbocycles. The van der Waals surface area contributed by atoms with E-state index in [0.29, 0.717) is 6.54 Å². The standard InChI is InChI=1S/C9H13N3/c10-4-7-3-8-6-11-2-1-9(8)12-5-7/h3,5,11H,1-2,4,6,10H2. The van der Waals surface area contributed by atoms with Crippen LogP contribution in [0.25, 0.3) is 0 Å². The molecule has 0 saturated heterocycles. The van der Waals surface area contributed by atoms with Gasteiger partial charge in [0.05, 0.1) is 0 Å². The molecule has 3 N–H and O–H groups in total. The normalized spacial score (nSPS) is 15.8. The van der Waals surface area contributed by atoms with Gasteiger partial charge in [-0.3, -0.25) is 4.98 Å². The maximum Gasteiger partial charge on any atom is 0.0461 e. The fourth-order valence-electron chi connectivity index (χ4n) is 1.51. The van der Waals surface area contributed by atoms with Crippen LogP contribution in [0.2, 0.25) is 0 Å². The van der Waals surface area contributed by atoms with E-state index in [-0.39, 0.29) is 0 Å². The van der Waals surface area contributed by atoms with E-state index in [1.807, 2.05) is 6.20 Å². The zero-order chi connectivity index (χ0) is 8.39. The Labute approximate surface area is 72.0 Å². The molecule has 0 bridgehead atoms. The largest absolute Gasteiger partial charge is 0.326 e. The molecule has 0 saturated carbocycles. The molecule has 0 amide bonds. The molecular weight excluding hydrogens is 150 g/mol. The Morgan fingerprint density at radius 1 is 1.58 bits per heavy atom. The minimum Gasteiger partial charge on any atom is -0.326 e. The van der Waals surface area contributed by atoms with Crippen LogP contribution in [0.15, 0.2) is 12.3 Å². The summed E-state index contributed by atoms with van der Waals surface area (Å²) in [6, 6.07) is 2.15. The second kappa shape index (κ2) is 3.21. The van der Waals surface area contributed by atoms with E-state index in [2.05, 4.69) is 16.4 Å². The number of nitrogens with two attached hydrogens (primary N) is 1. The van der Waals surface area contributed by atoms with Gasteiger partial charge < -0.3 is 11.1 Å². The lowest BCUT2D eigenvalue weighted by Gasteiger charge is -2.16. The van der Waals surface area contributed by atoms with Gasteiger partial charge in [0.25, 0.3) is 0 Å². The smallest absolute Gasteiger partial charge is 0.0461 e. The van der Waals surface area contributed by atoms with Crippen LogP contribution in [0.4, 0.5) is 0 Å². The van der Waals surface area contributed by atoms with Crippen molar-refractivity contribution in [1.82, 2.24) is 10.3 Å². The maximum absolute atomic E-state index is 5.52. The molecule has 0 spiro atoms. The van der Waals surface area contributed by atoms with E-state index in [9.17, 15) is 0 Å². The number of rotatable bonds is 1. The van der Waals surface area contributed by atoms with Crippen LogP contribution in [0, 0.1) is 0 Å². The quantitative estimate of drug-likeness (QED) is 0.621. The fraction of sp³-hybridized carbons (Fsp3) is 0.444. The van der Waals surface area contributed by atoms with Gasteiger partial charge in [0.15, 0.2) is 0 Å². The molecular formula is C9H13N3. The first kappa shape index (κ1) is 7.71. The summed E-state index contributed by atoms with van der Waals surface area (Å²) >= 11 is 0. The topological polar surface area (TPSA) is 50.9 Å². The van der Waals surface area contributed by atoms with Gasteiger partial charge in [0.2, 0.25) is 0 Å². The third-order valence-electron chi connectivity index (χ3n) is 2.21. The summed E-state index contributed by atoms with van der Waals surface area (Å²) in [5.74, 6) is 0. The van der Waals surface area contributed by atoms with E-state index < -0.39 is 0 Å². The zero-order valence-corrected chi connectivity index (χ0v) is 7.01. The summed E-state index contributed by atoms with van der Waals surface area (Å²) in [5, 5.41) is 3.31. The lowest BCUT2D eigenvalue weighted by molar-refractivity contribution is 0.628. The molecule has 64 valence electrons. The average molecular weight is 163 g/mol. The number of hydrogen-bond acceptors (Lipinski definition) is 3. The molecule has 1 aliphatic rings.